The molecule has 1 fully saturated rings. The molecule has 5 heteroatoms. The number of aromatic amines is 1. The van der Waals surface area contributed by atoms with Crippen molar-refractivity contribution in [2.24, 2.45) is 0 Å². The Morgan fingerprint density at radius 3 is 2.47 bits per heavy atom. The first-order chi connectivity index (χ1) is 16.7. The van der Waals surface area contributed by atoms with Crippen molar-refractivity contribution in [3.05, 3.63) is 90.1 Å². The molecule has 2 atom stereocenters. The molecule has 0 radical (unpaired) electrons. The van der Waals surface area contributed by atoms with Crippen LogP contribution in [-0.2, 0) is 11.3 Å². The van der Waals surface area contributed by atoms with Gasteiger partial charge in [0, 0.05) is 47.0 Å². The summed E-state index contributed by atoms with van der Waals surface area (Å²) < 4.78 is 7.78. The SMILES string of the molecule is CCn1c(-c2ccc(OC)cc2)c(C2CNC(=O)C2c2c[nH]c3ccccc23)c2ccccc21. The molecule has 0 saturated carbocycles. The van der Waals surface area contributed by atoms with Gasteiger partial charge in [-0.1, -0.05) is 36.4 Å². The van der Waals surface area contributed by atoms with E-state index in [1.54, 1.807) is 7.11 Å². The van der Waals surface area contributed by atoms with E-state index in [9.17, 15) is 4.79 Å². The minimum absolute atomic E-state index is 0.0153. The first-order valence-electron chi connectivity index (χ1n) is 11.8. The Labute approximate surface area is 198 Å². The van der Waals surface area contributed by atoms with Crippen LogP contribution >= 0.6 is 0 Å². The molecule has 2 unspecified atom stereocenters. The molecule has 0 aliphatic carbocycles. The Hall–Kier alpha value is -3.99. The molecule has 0 spiro atoms. The largest absolute Gasteiger partial charge is 0.497 e. The number of carbonyl (C=O) groups is 1. The molecule has 5 aromatic rings. The third-order valence-corrected chi connectivity index (χ3v) is 7.20. The minimum atomic E-state index is -0.260. The Kier molecular flexibility index (Phi) is 4.91. The standard InChI is InChI=1S/C29H27N3O2/c1-3-32-25-11-7-5-9-21(25)26(28(32)18-12-14-19(34-2)15-13-18)23-17-31-29(33)27(23)22-16-30-24-10-6-4-8-20(22)24/h4-16,23,27,30H,3,17H2,1-2H3,(H,31,33). The Morgan fingerprint density at radius 2 is 1.71 bits per heavy atom. The molecule has 1 saturated heterocycles. The quantitative estimate of drug-likeness (QED) is 0.355. The molecule has 1 aliphatic rings. The van der Waals surface area contributed by atoms with E-state index in [2.05, 4.69) is 70.3 Å². The van der Waals surface area contributed by atoms with Crippen LogP contribution in [0.3, 0.4) is 0 Å². The number of rotatable bonds is 5. The molecule has 2 N–H and O–H groups in total. The number of nitrogens with one attached hydrogen (secondary N) is 2. The monoisotopic (exact) mass is 449 g/mol. The van der Waals surface area contributed by atoms with E-state index in [1.165, 1.54) is 22.2 Å². The van der Waals surface area contributed by atoms with Crippen LogP contribution in [0.4, 0.5) is 0 Å². The lowest BCUT2D eigenvalue weighted by molar-refractivity contribution is -0.120. The van der Waals surface area contributed by atoms with Crippen LogP contribution < -0.4 is 10.1 Å². The van der Waals surface area contributed by atoms with Gasteiger partial charge in [-0.3, -0.25) is 4.79 Å². The number of carbonyl (C=O) groups excluding carboxylic acids is 1. The van der Waals surface area contributed by atoms with Gasteiger partial charge in [0.25, 0.3) is 0 Å². The molecule has 34 heavy (non-hydrogen) atoms. The van der Waals surface area contributed by atoms with E-state index < -0.39 is 0 Å². The van der Waals surface area contributed by atoms with Gasteiger partial charge in [0.15, 0.2) is 0 Å². The molecule has 6 rings (SSSR count). The molecular weight excluding hydrogens is 422 g/mol. The number of nitrogens with zero attached hydrogens (tertiary/aromatic N) is 1. The molecule has 1 amide bonds. The number of hydrogen-bond acceptors (Lipinski definition) is 2. The summed E-state index contributed by atoms with van der Waals surface area (Å²) in [5.41, 5.74) is 6.86. The van der Waals surface area contributed by atoms with E-state index in [0.29, 0.717) is 6.54 Å². The van der Waals surface area contributed by atoms with Crippen LogP contribution in [0.2, 0.25) is 0 Å². The summed E-state index contributed by atoms with van der Waals surface area (Å²) in [5, 5.41) is 5.50. The second-order valence-electron chi connectivity index (χ2n) is 8.87. The lowest BCUT2D eigenvalue weighted by Gasteiger charge is -2.20. The Balaban J connectivity index is 1.61. The summed E-state index contributed by atoms with van der Waals surface area (Å²) in [6, 6.07) is 25.0. The van der Waals surface area contributed by atoms with E-state index in [-0.39, 0.29) is 17.7 Å². The maximum absolute atomic E-state index is 13.3. The fourth-order valence-electron chi connectivity index (χ4n) is 5.69. The maximum atomic E-state index is 13.3. The molecule has 1 aliphatic heterocycles. The topological polar surface area (TPSA) is 59.0 Å². The number of para-hydroxylation sites is 2. The van der Waals surface area contributed by atoms with Gasteiger partial charge in [0.2, 0.25) is 5.91 Å². The van der Waals surface area contributed by atoms with Crippen molar-refractivity contribution in [1.82, 2.24) is 14.9 Å². The van der Waals surface area contributed by atoms with Crippen LogP contribution in [0.1, 0.15) is 29.9 Å². The summed E-state index contributed by atoms with van der Waals surface area (Å²) in [7, 11) is 1.69. The predicted octanol–water partition coefficient (Wildman–Crippen LogP) is 5.82. The third-order valence-electron chi connectivity index (χ3n) is 7.20. The molecule has 0 bridgehead atoms. The summed E-state index contributed by atoms with van der Waals surface area (Å²) in [6.45, 7) is 3.63. The molecule has 170 valence electrons. The number of aromatic nitrogens is 2. The van der Waals surface area contributed by atoms with Gasteiger partial charge in [0.1, 0.15) is 5.75 Å². The molecule has 3 heterocycles. The van der Waals surface area contributed by atoms with Crippen LogP contribution in [-0.4, -0.2) is 29.1 Å². The van der Waals surface area contributed by atoms with Gasteiger partial charge in [-0.2, -0.15) is 0 Å². The van der Waals surface area contributed by atoms with E-state index in [4.69, 9.17) is 4.74 Å². The summed E-state index contributed by atoms with van der Waals surface area (Å²) in [6.07, 6.45) is 2.01. The highest BCUT2D eigenvalue weighted by Crippen LogP contribution is 2.47. The van der Waals surface area contributed by atoms with Gasteiger partial charge in [-0.25, -0.2) is 0 Å². The number of ether oxygens (including phenoxy) is 1. The summed E-state index contributed by atoms with van der Waals surface area (Å²) in [5.74, 6) is 0.674. The zero-order chi connectivity index (χ0) is 23.2. The Morgan fingerprint density at radius 1 is 0.971 bits per heavy atom. The van der Waals surface area contributed by atoms with Crippen molar-refractivity contribution in [2.45, 2.75) is 25.3 Å². The van der Waals surface area contributed by atoms with E-state index >= 15 is 0 Å². The molecule has 5 nitrogen and oxygen atoms in total. The second-order valence-corrected chi connectivity index (χ2v) is 8.87. The average molecular weight is 450 g/mol. The zero-order valence-corrected chi connectivity index (χ0v) is 19.3. The summed E-state index contributed by atoms with van der Waals surface area (Å²) in [4.78, 5) is 16.7. The lowest BCUT2D eigenvalue weighted by atomic mass is 9.81. The fraction of sp³-hybridized carbons (Fsp3) is 0.207. The highest BCUT2D eigenvalue weighted by Gasteiger charge is 2.41. The second kappa shape index (κ2) is 8.10. The molecular formula is C29H27N3O2. The van der Waals surface area contributed by atoms with Crippen molar-refractivity contribution in [3.63, 3.8) is 0 Å². The first-order valence-corrected chi connectivity index (χ1v) is 11.8. The van der Waals surface area contributed by atoms with Crippen molar-refractivity contribution in [2.75, 3.05) is 13.7 Å². The fourth-order valence-corrected chi connectivity index (χ4v) is 5.69. The number of fused-ring (bicyclic) bond motifs is 2. The van der Waals surface area contributed by atoms with Crippen LogP contribution in [0.25, 0.3) is 33.1 Å². The van der Waals surface area contributed by atoms with Crippen LogP contribution in [0.5, 0.6) is 5.75 Å². The average Bonchev–Trinajstić information content (AvgIpc) is 3.56. The van der Waals surface area contributed by atoms with Gasteiger partial charge < -0.3 is 19.6 Å². The van der Waals surface area contributed by atoms with Crippen molar-refractivity contribution < 1.29 is 9.53 Å². The first kappa shape index (κ1) is 20.6. The van der Waals surface area contributed by atoms with Gasteiger partial charge in [-0.15, -0.1) is 0 Å². The lowest BCUT2D eigenvalue weighted by Crippen LogP contribution is -2.18. The smallest absolute Gasteiger partial charge is 0.228 e. The van der Waals surface area contributed by atoms with Gasteiger partial charge in [0.05, 0.1) is 18.7 Å². The van der Waals surface area contributed by atoms with Crippen molar-refractivity contribution >= 4 is 27.7 Å². The number of amides is 1. The molecule has 2 aromatic heterocycles. The highest BCUT2D eigenvalue weighted by molar-refractivity contribution is 5.98. The number of methoxy groups -OCH3 is 1. The Bertz CT molecular complexity index is 1510. The van der Waals surface area contributed by atoms with Crippen molar-refractivity contribution in [1.29, 1.82) is 0 Å². The van der Waals surface area contributed by atoms with Crippen LogP contribution in [0.15, 0.2) is 79.0 Å². The summed E-state index contributed by atoms with van der Waals surface area (Å²) >= 11 is 0. The predicted molar refractivity (Wildman–Crippen MR) is 136 cm³/mol. The number of H-pyrrole nitrogens is 1. The normalized spacial score (nSPS) is 18.0. The van der Waals surface area contributed by atoms with Gasteiger partial charge in [-0.05, 0) is 60.0 Å². The minimum Gasteiger partial charge on any atom is -0.497 e. The number of benzene rings is 3. The maximum Gasteiger partial charge on any atom is 0.228 e. The number of hydrogen-bond donors (Lipinski definition) is 2. The number of aryl methyl sites for hydroxylation is 1. The molecule has 3 aromatic carbocycles. The highest BCUT2D eigenvalue weighted by atomic mass is 16.5. The third kappa shape index (κ3) is 3.04. The van der Waals surface area contributed by atoms with Crippen molar-refractivity contribution in [3.8, 4) is 17.0 Å². The zero-order valence-electron chi connectivity index (χ0n) is 19.3. The van der Waals surface area contributed by atoms with Gasteiger partial charge >= 0.3 is 0 Å². The van der Waals surface area contributed by atoms with E-state index in [0.717, 1.165) is 34.3 Å². The van der Waals surface area contributed by atoms with E-state index in [1.807, 2.05) is 30.5 Å². The van der Waals surface area contributed by atoms with Crippen LogP contribution in [0, 0.1) is 0 Å².